The van der Waals surface area contributed by atoms with E-state index in [4.69, 9.17) is 14.2 Å². The van der Waals surface area contributed by atoms with E-state index in [1.54, 1.807) is 12.1 Å². The smallest absolute Gasteiger partial charge is 0.257 e. The first-order chi connectivity index (χ1) is 12.6. The number of anilines is 1. The summed E-state index contributed by atoms with van der Waals surface area (Å²) in [6.45, 7) is 9.08. The average molecular weight is 379 g/mol. The van der Waals surface area contributed by atoms with Gasteiger partial charge in [0.15, 0.2) is 11.5 Å². The maximum absolute atomic E-state index is 12.6. The normalized spacial score (nSPS) is 10.5. The third kappa shape index (κ3) is 5.08. The van der Waals surface area contributed by atoms with Gasteiger partial charge >= 0.3 is 0 Å². The van der Waals surface area contributed by atoms with Crippen molar-refractivity contribution in [2.75, 3.05) is 25.1 Å². The van der Waals surface area contributed by atoms with Gasteiger partial charge < -0.3 is 14.2 Å². The molecule has 142 valence electrons. The molecule has 8 heteroatoms. The van der Waals surface area contributed by atoms with Crippen molar-refractivity contribution < 1.29 is 19.0 Å². The molecule has 0 bridgehead atoms. The van der Waals surface area contributed by atoms with Crippen LogP contribution in [0.5, 0.6) is 17.2 Å². The highest BCUT2D eigenvalue weighted by atomic mass is 32.1. The summed E-state index contributed by atoms with van der Waals surface area (Å²) in [5, 5.41) is 12.2. The summed E-state index contributed by atoms with van der Waals surface area (Å²) in [5.41, 5.74) is 0.410. The molecule has 1 amide bonds. The Morgan fingerprint density at radius 3 is 2.15 bits per heavy atom. The molecule has 1 heterocycles. The molecule has 0 aliphatic carbocycles. The Balaban J connectivity index is 2.29. The first kappa shape index (κ1) is 20.0. The molecule has 0 spiro atoms. The second kappa shape index (κ2) is 9.96. The zero-order chi connectivity index (χ0) is 18.9. The Labute approximate surface area is 157 Å². The lowest BCUT2D eigenvalue weighted by Crippen LogP contribution is -2.13. The fourth-order valence-corrected chi connectivity index (χ4v) is 3.14. The van der Waals surface area contributed by atoms with E-state index in [-0.39, 0.29) is 5.91 Å². The Kier molecular flexibility index (Phi) is 7.65. The van der Waals surface area contributed by atoms with Gasteiger partial charge in [-0.15, -0.1) is 10.2 Å². The molecular weight excluding hydrogens is 354 g/mol. The van der Waals surface area contributed by atoms with Gasteiger partial charge in [0.25, 0.3) is 5.91 Å². The second-order valence-electron chi connectivity index (χ2n) is 5.31. The topological polar surface area (TPSA) is 82.6 Å². The molecule has 0 atom stereocenters. The van der Waals surface area contributed by atoms with Crippen LogP contribution in [0.15, 0.2) is 12.1 Å². The van der Waals surface area contributed by atoms with Crippen LogP contribution in [0.4, 0.5) is 5.13 Å². The van der Waals surface area contributed by atoms with Crippen LogP contribution in [0.2, 0.25) is 0 Å². The van der Waals surface area contributed by atoms with Crippen LogP contribution < -0.4 is 19.5 Å². The summed E-state index contributed by atoms with van der Waals surface area (Å²) in [4.78, 5) is 12.6. The lowest BCUT2D eigenvalue weighted by Gasteiger charge is -2.16. The van der Waals surface area contributed by atoms with Crippen LogP contribution in [-0.2, 0) is 6.42 Å². The van der Waals surface area contributed by atoms with Crippen LogP contribution in [-0.4, -0.2) is 35.9 Å². The summed E-state index contributed by atoms with van der Waals surface area (Å²) >= 11 is 1.38. The quantitative estimate of drug-likeness (QED) is 0.673. The zero-order valence-electron chi connectivity index (χ0n) is 15.6. The number of hydrogen-bond donors (Lipinski definition) is 1. The van der Waals surface area contributed by atoms with Gasteiger partial charge in [0.2, 0.25) is 10.9 Å². The van der Waals surface area contributed by atoms with Crippen LogP contribution in [0.3, 0.4) is 0 Å². The number of carbonyl (C=O) groups excluding carboxylic acids is 1. The minimum atomic E-state index is -0.297. The van der Waals surface area contributed by atoms with E-state index in [1.165, 1.54) is 11.3 Å². The number of hydrogen-bond acceptors (Lipinski definition) is 7. The van der Waals surface area contributed by atoms with Crippen molar-refractivity contribution in [3.05, 3.63) is 22.7 Å². The van der Waals surface area contributed by atoms with Crippen LogP contribution in [0, 0.1) is 0 Å². The third-order valence-corrected chi connectivity index (χ3v) is 4.22. The van der Waals surface area contributed by atoms with Gasteiger partial charge in [0.05, 0.1) is 19.8 Å². The van der Waals surface area contributed by atoms with E-state index < -0.39 is 0 Å². The fraction of sp³-hybridized carbons (Fsp3) is 0.500. The fourth-order valence-electron chi connectivity index (χ4n) is 2.31. The van der Waals surface area contributed by atoms with Crippen LogP contribution in [0.25, 0.3) is 0 Å². The van der Waals surface area contributed by atoms with E-state index in [2.05, 4.69) is 22.4 Å². The lowest BCUT2D eigenvalue weighted by molar-refractivity contribution is 0.102. The molecule has 1 aromatic carbocycles. The number of ether oxygens (including phenoxy) is 3. The van der Waals surface area contributed by atoms with E-state index in [1.807, 2.05) is 20.8 Å². The highest BCUT2D eigenvalue weighted by Gasteiger charge is 2.19. The Morgan fingerprint density at radius 2 is 1.62 bits per heavy atom. The van der Waals surface area contributed by atoms with Crippen molar-refractivity contribution >= 4 is 22.4 Å². The summed E-state index contributed by atoms with van der Waals surface area (Å²) in [7, 11) is 0. The second-order valence-corrected chi connectivity index (χ2v) is 6.37. The standard InChI is InChI=1S/C18H25N3O4S/c1-5-9-15-20-21-18(26-15)19-17(22)12-10-13(23-6-2)16(25-8-4)14(11-12)24-7-3/h10-11H,5-9H2,1-4H3,(H,19,21,22). The van der Waals surface area contributed by atoms with E-state index in [0.717, 1.165) is 17.8 Å². The molecule has 0 radical (unpaired) electrons. The first-order valence-electron chi connectivity index (χ1n) is 8.82. The van der Waals surface area contributed by atoms with E-state index in [9.17, 15) is 4.79 Å². The SMILES string of the molecule is CCCc1nnc(NC(=O)c2cc(OCC)c(OCC)c(OCC)c2)s1. The predicted molar refractivity (Wildman–Crippen MR) is 102 cm³/mol. The Hall–Kier alpha value is -2.35. The van der Waals surface area contributed by atoms with Crippen molar-refractivity contribution in [2.24, 2.45) is 0 Å². The summed E-state index contributed by atoms with van der Waals surface area (Å²) in [6.07, 6.45) is 1.83. The molecule has 26 heavy (non-hydrogen) atoms. The number of benzene rings is 1. The molecule has 7 nitrogen and oxygen atoms in total. The van der Waals surface area contributed by atoms with Crippen molar-refractivity contribution in [1.29, 1.82) is 0 Å². The Morgan fingerprint density at radius 1 is 1.00 bits per heavy atom. The maximum Gasteiger partial charge on any atom is 0.257 e. The van der Waals surface area contributed by atoms with Gasteiger partial charge in [-0.2, -0.15) is 0 Å². The lowest BCUT2D eigenvalue weighted by atomic mass is 10.1. The number of amides is 1. The van der Waals surface area contributed by atoms with Gasteiger partial charge in [0.1, 0.15) is 5.01 Å². The highest BCUT2D eigenvalue weighted by molar-refractivity contribution is 7.15. The molecule has 0 aliphatic rings. The monoisotopic (exact) mass is 379 g/mol. The minimum Gasteiger partial charge on any atom is -0.490 e. The molecular formula is C18H25N3O4S. The molecule has 0 unspecified atom stereocenters. The first-order valence-corrected chi connectivity index (χ1v) is 9.64. The minimum absolute atomic E-state index is 0.297. The van der Waals surface area contributed by atoms with Crippen molar-refractivity contribution in [1.82, 2.24) is 10.2 Å². The predicted octanol–water partition coefficient (Wildman–Crippen LogP) is 3.94. The Bertz CT molecular complexity index is 706. The maximum atomic E-state index is 12.6. The van der Waals surface area contributed by atoms with E-state index >= 15 is 0 Å². The van der Waals surface area contributed by atoms with Crippen molar-refractivity contribution in [2.45, 2.75) is 40.5 Å². The molecule has 0 saturated carbocycles. The van der Waals surface area contributed by atoms with Gasteiger partial charge in [-0.25, -0.2) is 0 Å². The highest BCUT2D eigenvalue weighted by Crippen LogP contribution is 2.39. The van der Waals surface area contributed by atoms with Gasteiger partial charge in [-0.1, -0.05) is 18.3 Å². The van der Waals surface area contributed by atoms with Gasteiger partial charge in [0, 0.05) is 12.0 Å². The van der Waals surface area contributed by atoms with Crippen LogP contribution in [0.1, 0.15) is 49.5 Å². The average Bonchev–Trinajstić information content (AvgIpc) is 3.05. The molecule has 0 aliphatic heterocycles. The van der Waals surface area contributed by atoms with E-state index in [0.29, 0.717) is 47.8 Å². The largest absolute Gasteiger partial charge is 0.490 e. The number of carbonyl (C=O) groups is 1. The zero-order valence-corrected chi connectivity index (χ0v) is 16.4. The third-order valence-electron chi connectivity index (χ3n) is 3.32. The number of nitrogens with one attached hydrogen (secondary N) is 1. The summed E-state index contributed by atoms with van der Waals surface area (Å²) in [5.74, 6) is 1.17. The molecule has 2 rings (SSSR count). The number of rotatable bonds is 10. The van der Waals surface area contributed by atoms with Crippen molar-refractivity contribution in [3.8, 4) is 17.2 Å². The molecule has 1 N–H and O–H groups in total. The summed E-state index contributed by atoms with van der Waals surface area (Å²) < 4.78 is 16.9. The summed E-state index contributed by atoms with van der Waals surface area (Å²) in [6, 6.07) is 3.31. The molecule has 0 fully saturated rings. The number of aryl methyl sites for hydroxylation is 1. The molecule has 0 saturated heterocycles. The number of nitrogens with zero attached hydrogens (tertiary/aromatic N) is 2. The van der Waals surface area contributed by atoms with Gasteiger partial charge in [-0.3, -0.25) is 10.1 Å². The molecule has 2 aromatic rings. The molecule has 1 aromatic heterocycles. The van der Waals surface area contributed by atoms with Gasteiger partial charge in [-0.05, 0) is 39.3 Å². The number of aromatic nitrogens is 2. The van der Waals surface area contributed by atoms with Crippen molar-refractivity contribution in [3.63, 3.8) is 0 Å². The van der Waals surface area contributed by atoms with Crippen LogP contribution >= 0.6 is 11.3 Å².